The van der Waals surface area contributed by atoms with Gasteiger partial charge in [-0.05, 0) is 69.9 Å². The van der Waals surface area contributed by atoms with E-state index in [1.54, 1.807) is 30.9 Å². The Balaban J connectivity index is 2.28. The molecule has 0 bridgehead atoms. The summed E-state index contributed by atoms with van der Waals surface area (Å²) in [6, 6.07) is 6.97. The molecule has 4 amide bonds. The van der Waals surface area contributed by atoms with Crippen molar-refractivity contribution >= 4 is 29.6 Å². The summed E-state index contributed by atoms with van der Waals surface area (Å²) < 4.78 is 17.0. The van der Waals surface area contributed by atoms with Gasteiger partial charge >= 0.3 is 5.97 Å². The van der Waals surface area contributed by atoms with Crippen LogP contribution in [0.3, 0.4) is 0 Å². The zero-order valence-electron chi connectivity index (χ0n) is 37.4. The molecule has 2 N–H and O–H groups in total. The molecule has 0 saturated carbocycles. The zero-order valence-corrected chi connectivity index (χ0v) is 37.4. The number of rotatable bonds is 23. The number of hydrogen-bond acceptors (Lipinski definition) is 9. The highest BCUT2D eigenvalue weighted by Crippen LogP contribution is 2.30. The van der Waals surface area contributed by atoms with Crippen LogP contribution in [0.4, 0.5) is 0 Å². The van der Waals surface area contributed by atoms with E-state index in [0.29, 0.717) is 25.8 Å². The van der Waals surface area contributed by atoms with E-state index in [9.17, 15) is 24.0 Å². The van der Waals surface area contributed by atoms with Crippen molar-refractivity contribution in [3.63, 3.8) is 0 Å². The lowest BCUT2D eigenvalue weighted by atomic mass is 9.89. The fourth-order valence-electron chi connectivity index (χ4n) is 8.21. The van der Waals surface area contributed by atoms with Crippen LogP contribution >= 0.6 is 0 Å². The van der Waals surface area contributed by atoms with Crippen molar-refractivity contribution in [3.05, 3.63) is 35.9 Å². The van der Waals surface area contributed by atoms with Gasteiger partial charge in [0.05, 0.1) is 49.8 Å². The minimum Gasteiger partial charge on any atom is -0.467 e. The van der Waals surface area contributed by atoms with Crippen molar-refractivity contribution in [1.29, 1.82) is 0 Å². The molecule has 1 aliphatic rings. The second-order valence-electron chi connectivity index (χ2n) is 16.9. The van der Waals surface area contributed by atoms with Crippen LogP contribution in [0, 0.1) is 23.7 Å². The third-order valence-corrected chi connectivity index (χ3v) is 12.0. The number of aryl methyl sites for hydroxylation is 1. The average Bonchev–Trinajstić information content (AvgIpc) is 3.67. The van der Waals surface area contributed by atoms with Gasteiger partial charge in [0.25, 0.3) is 0 Å². The first-order valence-electron chi connectivity index (χ1n) is 20.9. The van der Waals surface area contributed by atoms with Crippen LogP contribution in [0.1, 0.15) is 100.0 Å². The van der Waals surface area contributed by atoms with E-state index in [2.05, 4.69) is 10.6 Å². The summed E-state index contributed by atoms with van der Waals surface area (Å²) in [6.45, 7) is 18.3. The quantitative estimate of drug-likeness (QED) is 0.150. The molecular formula is C44H75N5O8. The SMILES string of the molecule is CC[C@H](C)[C@@H]([C@@H](CC(=O)N1CCC[C@H]1[C@H](OC)[C@@H](C)C(=O)N[C@@H](CCc1ccccc1)C(=O)OC)OC)N(C)C(=O)[C@@H](NC(=O)[C@H](C(C)C)N(C)C(C)C)C(C)C. The summed E-state index contributed by atoms with van der Waals surface area (Å²) in [6.07, 6.45) is 1.77. The van der Waals surface area contributed by atoms with Crippen molar-refractivity contribution in [3.8, 4) is 0 Å². The second-order valence-corrected chi connectivity index (χ2v) is 16.9. The first kappa shape index (κ1) is 49.6. The number of nitrogens with zero attached hydrogens (tertiary/aromatic N) is 3. The van der Waals surface area contributed by atoms with Gasteiger partial charge in [-0.2, -0.15) is 0 Å². The molecular weight excluding hydrogens is 727 g/mol. The second kappa shape index (κ2) is 23.8. The lowest BCUT2D eigenvalue weighted by molar-refractivity contribution is -0.149. The summed E-state index contributed by atoms with van der Waals surface area (Å²) >= 11 is 0. The molecule has 0 radical (unpaired) electrons. The highest BCUT2D eigenvalue weighted by Gasteiger charge is 2.43. The fourth-order valence-corrected chi connectivity index (χ4v) is 8.21. The monoisotopic (exact) mass is 802 g/mol. The molecule has 1 saturated heterocycles. The van der Waals surface area contributed by atoms with Gasteiger partial charge < -0.3 is 34.6 Å². The topological polar surface area (TPSA) is 147 Å². The molecule has 324 valence electrons. The van der Waals surface area contributed by atoms with Gasteiger partial charge in [-0.15, -0.1) is 0 Å². The average molecular weight is 802 g/mol. The number of ether oxygens (including phenoxy) is 3. The van der Waals surface area contributed by atoms with E-state index >= 15 is 0 Å². The summed E-state index contributed by atoms with van der Waals surface area (Å²) in [5.74, 6) is -2.36. The number of hydrogen-bond donors (Lipinski definition) is 2. The Morgan fingerprint density at radius 1 is 0.860 bits per heavy atom. The van der Waals surface area contributed by atoms with Crippen LogP contribution in [0.15, 0.2) is 30.3 Å². The van der Waals surface area contributed by atoms with Crippen molar-refractivity contribution < 1.29 is 38.2 Å². The van der Waals surface area contributed by atoms with Crippen LogP contribution in [0.5, 0.6) is 0 Å². The number of benzene rings is 1. The van der Waals surface area contributed by atoms with Crippen LogP contribution in [0.2, 0.25) is 0 Å². The molecule has 0 aromatic heterocycles. The largest absolute Gasteiger partial charge is 0.467 e. The Morgan fingerprint density at radius 3 is 2.00 bits per heavy atom. The first-order valence-corrected chi connectivity index (χ1v) is 20.9. The van der Waals surface area contributed by atoms with Crippen LogP contribution in [-0.4, -0.2) is 135 Å². The Bertz CT molecular complexity index is 1420. The zero-order chi connectivity index (χ0) is 43.1. The molecule has 13 heteroatoms. The number of nitrogens with one attached hydrogen (secondary N) is 2. The van der Waals surface area contributed by atoms with Crippen molar-refractivity contribution in [2.75, 3.05) is 42.0 Å². The summed E-state index contributed by atoms with van der Waals surface area (Å²) in [4.78, 5) is 74.3. The van der Waals surface area contributed by atoms with Crippen molar-refractivity contribution in [2.45, 2.75) is 149 Å². The van der Waals surface area contributed by atoms with Crippen molar-refractivity contribution in [2.24, 2.45) is 23.7 Å². The van der Waals surface area contributed by atoms with Crippen LogP contribution in [0.25, 0.3) is 0 Å². The van der Waals surface area contributed by atoms with Crippen molar-refractivity contribution in [1.82, 2.24) is 25.3 Å². The third-order valence-electron chi connectivity index (χ3n) is 12.0. The molecule has 1 aromatic rings. The number of likely N-dealkylation sites (tertiary alicyclic amines) is 1. The number of likely N-dealkylation sites (N-methyl/N-ethyl adjacent to an activating group) is 2. The molecule has 13 nitrogen and oxygen atoms in total. The number of esters is 1. The number of amides is 4. The lowest BCUT2D eigenvalue weighted by Crippen LogP contribution is -2.60. The molecule has 1 aromatic carbocycles. The van der Waals surface area contributed by atoms with Gasteiger partial charge in [-0.3, -0.25) is 24.1 Å². The number of methoxy groups -OCH3 is 3. The van der Waals surface area contributed by atoms with E-state index in [4.69, 9.17) is 14.2 Å². The number of carbonyl (C=O) groups is 5. The molecule has 1 fully saturated rings. The molecule has 9 atom stereocenters. The van der Waals surface area contributed by atoms with Gasteiger partial charge in [0.15, 0.2) is 0 Å². The van der Waals surface area contributed by atoms with E-state index in [1.807, 2.05) is 97.7 Å². The Kier molecular flexibility index (Phi) is 20.7. The molecule has 0 unspecified atom stereocenters. The maximum atomic E-state index is 14.4. The van der Waals surface area contributed by atoms with Gasteiger partial charge in [-0.25, -0.2) is 4.79 Å². The maximum Gasteiger partial charge on any atom is 0.328 e. The molecule has 2 rings (SSSR count). The van der Waals surface area contributed by atoms with E-state index in [0.717, 1.165) is 18.4 Å². The van der Waals surface area contributed by atoms with E-state index in [-0.39, 0.29) is 59.9 Å². The lowest BCUT2D eigenvalue weighted by Gasteiger charge is -2.41. The van der Waals surface area contributed by atoms with E-state index in [1.165, 1.54) is 14.2 Å². The first-order chi connectivity index (χ1) is 26.9. The summed E-state index contributed by atoms with van der Waals surface area (Å²) in [5, 5.41) is 5.97. The molecule has 57 heavy (non-hydrogen) atoms. The van der Waals surface area contributed by atoms with Gasteiger partial charge in [0.2, 0.25) is 23.6 Å². The fraction of sp³-hybridized carbons (Fsp3) is 0.750. The summed E-state index contributed by atoms with van der Waals surface area (Å²) in [5.41, 5.74) is 1.04. The van der Waals surface area contributed by atoms with E-state index < -0.39 is 48.3 Å². The highest BCUT2D eigenvalue weighted by atomic mass is 16.5. The third kappa shape index (κ3) is 13.5. The van der Waals surface area contributed by atoms with Gasteiger partial charge in [-0.1, -0.05) is 85.2 Å². The number of carbonyl (C=O) groups excluding carboxylic acids is 5. The smallest absolute Gasteiger partial charge is 0.328 e. The molecule has 0 aliphatic carbocycles. The Hall–Kier alpha value is -3.55. The maximum absolute atomic E-state index is 14.4. The molecule has 0 spiro atoms. The standard InChI is InChI=1S/C44H75N5O8/c1-15-30(8)39(48(11)43(53)37(27(2)3)46-42(52)38(28(4)5)47(10)29(6)7)35(55-12)26-36(50)49-25-19-22-34(49)40(56-13)31(9)41(51)45-33(44(54)57-14)24-23-32-20-17-16-18-21-32/h16-18,20-21,27-31,33-35,37-40H,15,19,22-26H2,1-14H3,(H,45,51)(H,46,52)/t30-,31+,33-,34-,35+,37-,38-,39-,40+/m0/s1. The predicted octanol–water partition coefficient (Wildman–Crippen LogP) is 4.70. The van der Waals surface area contributed by atoms with Gasteiger partial charge in [0.1, 0.15) is 12.1 Å². The summed E-state index contributed by atoms with van der Waals surface area (Å²) in [7, 11) is 8.06. The van der Waals surface area contributed by atoms with Crippen LogP contribution < -0.4 is 10.6 Å². The Labute approximate surface area is 343 Å². The normalized spacial score (nSPS) is 18.8. The molecule has 1 heterocycles. The minimum atomic E-state index is -0.842. The van der Waals surface area contributed by atoms with Crippen LogP contribution in [-0.2, 0) is 44.6 Å². The predicted molar refractivity (Wildman–Crippen MR) is 223 cm³/mol. The molecule has 1 aliphatic heterocycles. The highest BCUT2D eigenvalue weighted by molar-refractivity contribution is 5.90. The minimum absolute atomic E-state index is 0.00779. The van der Waals surface area contributed by atoms with Gasteiger partial charge in [0, 0.05) is 33.9 Å². The Morgan fingerprint density at radius 2 is 1.49 bits per heavy atom.